The van der Waals surface area contributed by atoms with E-state index in [1.165, 1.54) is 6.07 Å². The summed E-state index contributed by atoms with van der Waals surface area (Å²) in [4.78, 5) is 12.1. The molecule has 0 aliphatic heterocycles. The van der Waals surface area contributed by atoms with Crippen LogP contribution in [0.2, 0.25) is 0 Å². The average Bonchev–Trinajstić information content (AvgIpc) is 3.16. The maximum atomic E-state index is 13.3. The molecule has 0 aliphatic carbocycles. The number of halogens is 2. The molecule has 152 valence electrons. The van der Waals surface area contributed by atoms with Gasteiger partial charge < -0.3 is 10.6 Å². The fourth-order valence-electron chi connectivity index (χ4n) is 2.89. The predicted octanol–water partition coefficient (Wildman–Crippen LogP) is 3.59. The molecule has 0 atom stereocenters. The van der Waals surface area contributed by atoms with Gasteiger partial charge in [0.05, 0.1) is 0 Å². The van der Waals surface area contributed by atoms with Gasteiger partial charge in [-0.05, 0) is 29.8 Å². The molecule has 2 heterocycles. The highest BCUT2D eigenvalue weighted by Crippen LogP contribution is 2.14. The van der Waals surface area contributed by atoms with Crippen LogP contribution < -0.4 is 10.6 Å². The van der Waals surface area contributed by atoms with Crippen molar-refractivity contribution in [2.75, 3.05) is 10.6 Å². The van der Waals surface area contributed by atoms with E-state index in [2.05, 4.69) is 25.9 Å². The van der Waals surface area contributed by atoms with Crippen molar-refractivity contribution in [2.24, 2.45) is 0 Å². The monoisotopic (exact) mass is 408 g/mol. The topological polar surface area (TPSA) is 84.2 Å². The number of aromatic nitrogens is 4. The lowest BCUT2D eigenvalue weighted by Gasteiger charge is -2.07. The summed E-state index contributed by atoms with van der Waals surface area (Å²) in [6, 6.07) is 16.7. The average molecular weight is 408 g/mol. The zero-order valence-corrected chi connectivity index (χ0v) is 15.8. The molecular weight excluding hydrogens is 390 g/mol. The highest BCUT2D eigenvalue weighted by Gasteiger charge is 2.11. The van der Waals surface area contributed by atoms with E-state index in [9.17, 15) is 13.6 Å². The lowest BCUT2D eigenvalue weighted by Crippen LogP contribution is -2.14. The summed E-state index contributed by atoms with van der Waals surface area (Å²) in [7, 11) is 0. The number of carbonyl (C=O) groups is 1. The second kappa shape index (κ2) is 8.64. The van der Waals surface area contributed by atoms with E-state index in [4.69, 9.17) is 0 Å². The van der Waals surface area contributed by atoms with Gasteiger partial charge in [0.2, 0.25) is 5.91 Å². The van der Waals surface area contributed by atoms with Gasteiger partial charge in [0.1, 0.15) is 5.82 Å². The molecule has 30 heavy (non-hydrogen) atoms. The number of benzene rings is 2. The normalized spacial score (nSPS) is 10.9. The number of hydrogen-bond donors (Lipinski definition) is 2. The van der Waals surface area contributed by atoms with Crippen molar-refractivity contribution in [3.05, 3.63) is 83.7 Å². The van der Waals surface area contributed by atoms with Crippen LogP contribution in [0, 0.1) is 11.6 Å². The van der Waals surface area contributed by atoms with Crippen molar-refractivity contribution < 1.29 is 13.6 Å². The van der Waals surface area contributed by atoms with Gasteiger partial charge in [0.15, 0.2) is 23.1 Å². The zero-order chi connectivity index (χ0) is 20.9. The Morgan fingerprint density at radius 1 is 0.967 bits per heavy atom. The second-order valence-corrected chi connectivity index (χ2v) is 6.62. The first-order valence-corrected chi connectivity index (χ1v) is 9.32. The van der Waals surface area contributed by atoms with Crippen LogP contribution in [0.4, 0.5) is 20.3 Å². The summed E-state index contributed by atoms with van der Waals surface area (Å²) < 4.78 is 27.8. The Hall–Kier alpha value is -3.88. The van der Waals surface area contributed by atoms with Crippen LogP contribution in [0.3, 0.4) is 0 Å². The zero-order valence-electron chi connectivity index (χ0n) is 15.8. The van der Waals surface area contributed by atoms with Crippen LogP contribution >= 0.6 is 0 Å². The van der Waals surface area contributed by atoms with Gasteiger partial charge in [0.25, 0.3) is 0 Å². The van der Waals surface area contributed by atoms with Gasteiger partial charge in [-0.2, -0.15) is 4.52 Å². The van der Waals surface area contributed by atoms with Crippen LogP contribution in [0.1, 0.15) is 17.8 Å². The minimum Gasteiger partial charge on any atom is -0.365 e. The Kier molecular flexibility index (Phi) is 5.60. The minimum absolute atomic E-state index is 0.0864. The van der Waals surface area contributed by atoms with E-state index in [1.807, 2.05) is 36.4 Å². The van der Waals surface area contributed by atoms with Gasteiger partial charge in [-0.15, -0.1) is 15.3 Å². The third-order valence-corrected chi connectivity index (χ3v) is 4.42. The van der Waals surface area contributed by atoms with E-state index in [0.29, 0.717) is 23.8 Å². The first kappa shape index (κ1) is 19.4. The SMILES string of the molecule is O=C(CCc1nnc2ccc(NCc3ccccc3)nn12)Nc1ccc(F)c(F)c1. The molecule has 2 aromatic heterocycles. The number of rotatable bonds is 7. The van der Waals surface area contributed by atoms with E-state index in [1.54, 1.807) is 10.6 Å². The number of hydrogen-bond acceptors (Lipinski definition) is 5. The standard InChI is InChI=1S/C21H18F2N6O/c22-16-7-6-15(12-17(16)23)25-21(30)11-10-20-27-26-19-9-8-18(28-29(19)20)24-13-14-4-2-1-3-5-14/h1-9,12H,10-11,13H2,(H,24,28)(H,25,30). The van der Waals surface area contributed by atoms with Crippen LogP contribution in [-0.2, 0) is 17.8 Å². The molecule has 0 fully saturated rings. The smallest absolute Gasteiger partial charge is 0.224 e. The van der Waals surface area contributed by atoms with Crippen LogP contribution in [0.25, 0.3) is 5.65 Å². The number of aryl methyl sites for hydroxylation is 1. The number of fused-ring (bicyclic) bond motifs is 1. The number of carbonyl (C=O) groups excluding carboxylic acids is 1. The Morgan fingerprint density at radius 2 is 1.80 bits per heavy atom. The molecule has 7 nitrogen and oxygen atoms in total. The van der Waals surface area contributed by atoms with Crippen molar-refractivity contribution in [2.45, 2.75) is 19.4 Å². The summed E-state index contributed by atoms with van der Waals surface area (Å²) in [6.07, 6.45) is 0.370. The number of amides is 1. The first-order chi connectivity index (χ1) is 14.6. The number of anilines is 2. The summed E-state index contributed by atoms with van der Waals surface area (Å²) in [5.74, 6) is -1.16. The largest absolute Gasteiger partial charge is 0.365 e. The fraction of sp³-hybridized carbons (Fsp3) is 0.143. The van der Waals surface area contributed by atoms with Gasteiger partial charge in [-0.3, -0.25) is 4.79 Å². The first-order valence-electron chi connectivity index (χ1n) is 9.32. The highest BCUT2D eigenvalue weighted by atomic mass is 19.2. The van der Waals surface area contributed by atoms with Gasteiger partial charge in [-0.25, -0.2) is 8.78 Å². The molecule has 2 N–H and O–H groups in total. The number of nitrogens with one attached hydrogen (secondary N) is 2. The molecule has 0 spiro atoms. The number of nitrogens with zero attached hydrogens (tertiary/aromatic N) is 4. The Morgan fingerprint density at radius 3 is 2.60 bits per heavy atom. The molecule has 0 saturated heterocycles. The van der Waals surface area contributed by atoms with E-state index in [0.717, 1.165) is 17.7 Å². The van der Waals surface area contributed by atoms with Gasteiger partial charge in [-0.1, -0.05) is 30.3 Å². The van der Waals surface area contributed by atoms with Crippen molar-refractivity contribution in [1.82, 2.24) is 19.8 Å². The molecule has 2 aromatic carbocycles. The van der Waals surface area contributed by atoms with Crippen LogP contribution in [0.5, 0.6) is 0 Å². The molecule has 0 aliphatic rings. The van der Waals surface area contributed by atoms with E-state index >= 15 is 0 Å². The minimum atomic E-state index is -1.02. The Bertz CT molecular complexity index is 1180. The van der Waals surface area contributed by atoms with Crippen LogP contribution in [-0.4, -0.2) is 25.7 Å². The second-order valence-electron chi connectivity index (χ2n) is 6.62. The molecule has 4 rings (SSSR count). The Balaban J connectivity index is 1.39. The molecule has 1 amide bonds. The lowest BCUT2D eigenvalue weighted by atomic mass is 10.2. The molecule has 0 unspecified atom stereocenters. The summed E-state index contributed by atoms with van der Waals surface area (Å²) >= 11 is 0. The third kappa shape index (κ3) is 4.57. The van der Waals surface area contributed by atoms with Gasteiger partial charge in [0, 0.05) is 31.1 Å². The van der Waals surface area contributed by atoms with Crippen molar-refractivity contribution in [3.8, 4) is 0 Å². The van der Waals surface area contributed by atoms with Crippen molar-refractivity contribution in [1.29, 1.82) is 0 Å². The molecule has 0 bridgehead atoms. The Labute approximate surface area is 170 Å². The summed E-state index contributed by atoms with van der Waals surface area (Å²) in [5.41, 5.74) is 1.88. The summed E-state index contributed by atoms with van der Waals surface area (Å²) in [5, 5.41) is 18.4. The van der Waals surface area contributed by atoms with Crippen molar-refractivity contribution >= 4 is 23.1 Å². The van der Waals surface area contributed by atoms with Crippen LogP contribution in [0.15, 0.2) is 60.7 Å². The highest BCUT2D eigenvalue weighted by molar-refractivity contribution is 5.90. The summed E-state index contributed by atoms with van der Waals surface area (Å²) in [6.45, 7) is 0.618. The van der Waals surface area contributed by atoms with Gasteiger partial charge >= 0.3 is 0 Å². The van der Waals surface area contributed by atoms with Crippen molar-refractivity contribution in [3.63, 3.8) is 0 Å². The third-order valence-electron chi connectivity index (χ3n) is 4.42. The molecule has 9 heteroatoms. The quantitative estimate of drug-likeness (QED) is 0.488. The maximum Gasteiger partial charge on any atom is 0.224 e. The molecule has 0 saturated carbocycles. The molecular formula is C21H18F2N6O. The predicted molar refractivity (Wildman–Crippen MR) is 108 cm³/mol. The fourth-order valence-corrected chi connectivity index (χ4v) is 2.89. The van der Waals surface area contributed by atoms with E-state index in [-0.39, 0.29) is 24.4 Å². The molecule has 4 aromatic rings. The maximum absolute atomic E-state index is 13.3. The lowest BCUT2D eigenvalue weighted by molar-refractivity contribution is -0.116. The van der Waals surface area contributed by atoms with E-state index < -0.39 is 11.6 Å². The molecule has 0 radical (unpaired) electrons.